The summed E-state index contributed by atoms with van der Waals surface area (Å²) in [6.07, 6.45) is 9.94. The lowest BCUT2D eigenvalue weighted by Crippen LogP contribution is -2.53. The average Bonchev–Trinajstić information content (AvgIpc) is 2.47. The number of hydrogen-bond donors (Lipinski definition) is 2. The van der Waals surface area contributed by atoms with Gasteiger partial charge < -0.3 is 10.4 Å². The van der Waals surface area contributed by atoms with Gasteiger partial charge in [0.1, 0.15) is 0 Å². The Labute approximate surface area is 116 Å². The molecule has 1 spiro atoms. The highest BCUT2D eigenvalue weighted by Gasteiger charge is 2.46. The number of aliphatic hydroxyl groups is 1. The van der Waals surface area contributed by atoms with E-state index >= 15 is 0 Å². The van der Waals surface area contributed by atoms with Crippen LogP contribution < -0.4 is 5.32 Å². The molecule has 0 aliphatic heterocycles. The third-order valence-electron chi connectivity index (χ3n) is 5.25. The zero-order valence-electron chi connectivity index (χ0n) is 11.7. The zero-order valence-corrected chi connectivity index (χ0v) is 11.7. The molecule has 2 saturated carbocycles. The standard InChI is InChI=1S/C17H25NO/c19-13-15-6-4-5-14(11-15)12-18-16-7-10-17(16)8-2-1-3-9-17/h4-6,11,16,18-19H,1-3,7-10,12-13H2. The lowest BCUT2D eigenvalue weighted by atomic mass is 9.57. The lowest BCUT2D eigenvalue weighted by Gasteiger charge is -2.52. The summed E-state index contributed by atoms with van der Waals surface area (Å²) in [5, 5.41) is 12.9. The monoisotopic (exact) mass is 259 g/mol. The average molecular weight is 259 g/mol. The summed E-state index contributed by atoms with van der Waals surface area (Å²) in [6.45, 7) is 1.08. The number of nitrogens with one attached hydrogen (secondary N) is 1. The minimum atomic E-state index is 0.140. The highest BCUT2D eigenvalue weighted by molar-refractivity contribution is 5.23. The summed E-state index contributed by atoms with van der Waals surface area (Å²) in [4.78, 5) is 0. The molecule has 2 nitrogen and oxygen atoms in total. The molecule has 1 atom stereocenters. The highest BCUT2D eigenvalue weighted by atomic mass is 16.3. The van der Waals surface area contributed by atoms with E-state index in [0.717, 1.165) is 18.2 Å². The molecule has 1 aromatic rings. The Balaban J connectivity index is 1.57. The van der Waals surface area contributed by atoms with E-state index in [0.29, 0.717) is 5.41 Å². The molecule has 104 valence electrons. The predicted octanol–water partition coefficient (Wildman–Crippen LogP) is 3.38. The van der Waals surface area contributed by atoms with E-state index in [4.69, 9.17) is 0 Å². The van der Waals surface area contributed by atoms with Crippen molar-refractivity contribution < 1.29 is 5.11 Å². The maximum atomic E-state index is 9.18. The van der Waals surface area contributed by atoms with Crippen LogP contribution in [-0.2, 0) is 13.2 Å². The van der Waals surface area contributed by atoms with Crippen molar-refractivity contribution in [2.75, 3.05) is 0 Å². The molecular formula is C17H25NO. The Morgan fingerprint density at radius 3 is 2.58 bits per heavy atom. The first-order chi connectivity index (χ1) is 9.32. The molecule has 1 unspecified atom stereocenters. The highest BCUT2D eigenvalue weighted by Crippen LogP contribution is 2.51. The van der Waals surface area contributed by atoms with Crippen LogP contribution in [0.1, 0.15) is 56.1 Å². The van der Waals surface area contributed by atoms with Crippen molar-refractivity contribution in [1.82, 2.24) is 5.32 Å². The van der Waals surface area contributed by atoms with Crippen molar-refractivity contribution in [3.8, 4) is 0 Å². The Kier molecular flexibility index (Phi) is 3.90. The molecule has 19 heavy (non-hydrogen) atoms. The first kappa shape index (κ1) is 13.1. The van der Waals surface area contributed by atoms with Gasteiger partial charge in [-0.05, 0) is 42.2 Å². The van der Waals surface area contributed by atoms with Crippen LogP contribution in [0.15, 0.2) is 24.3 Å². The van der Waals surface area contributed by atoms with Crippen LogP contribution in [0.2, 0.25) is 0 Å². The maximum Gasteiger partial charge on any atom is 0.0681 e. The molecular weight excluding hydrogens is 234 g/mol. The quantitative estimate of drug-likeness (QED) is 0.869. The van der Waals surface area contributed by atoms with Crippen molar-refractivity contribution in [3.63, 3.8) is 0 Å². The van der Waals surface area contributed by atoms with Crippen molar-refractivity contribution >= 4 is 0 Å². The molecule has 1 aromatic carbocycles. The number of rotatable bonds is 4. The van der Waals surface area contributed by atoms with E-state index in [1.807, 2.05) is 12.1 Å². The molecule has 2 heteroatoms. The first-order valence-electron chi connectivity index (χ1n) is 7.74. The van der Waals surface area contributed by atoms with Crippen LogP contribution in [0.25, 0.3) is 0 Å². The molecule has 3 rings (SSSR count). The van der Waals surface area contributed by atoms with E-state index in [9.17, 15) is 5.11 Å². The first-order valence-corrected chi connectivity index (χ1v) is 7.74. The van der Waals surface area contributed by atoms with E-state index in [2.05, 4.69) is 17.4 Å². The number of benzene rings is 1. The van der Waals surface area contributed by atoms with Crippen LogP contribution in [-0.4, -0.2) is 11.1 Å². The second-order valence-corrected chi connectivity index (χ2v) is 6.37. The summed E-state index contributed by atoms with van der Waals surface area (Å²) in [6, 6.07) is 9.01. The fourth-order valence-corrected chi connectivity index (χ4v) is 3.95. The van der Waals surface area contributed by atoms with Gasteiger partial charge in [0, 0.05) is 12.6 Å². The topological polar surface area (TPSA) is 32.3 Å². The molecule has 0 saturated heterocycles. The van der Waals surface area contributed by atoms with Gasteiger partial charge in [0.25, 0.3) is 0 Å². The van der Waals surface area contributed by atoms with E-state index < -0.39 is 0 Å². The van der Waals surface area contributed by atoms with Gasteiger partial charge in [0.15, 0.2) is 0 Å². The summed E-state index contributed by atoms with van der Waals surface area (Å²) >= 11 is 0. The molecule has 2 aliphatic rings. The second kappa shape index (κ2) is 5.64. The molecule has 2 aliphatic carbocycles. The molecule has 0 heterocycles. The van der Waals surface area contributed by atoms with Gasteiger partial charge in [-0.2, -0.15) is 0 Å². The maximum absolute atomic E-state index is 9.18. The van der Waals surface area contributed by atoms with Gasteiger partial charge in [-0.1, -0.05) is 43.5 Å². The fourth-order valence-electron chi connectivity index (χ4n) is 3.95. The van der Waals surface area contributed by atoms with Gasteiger partial charge in [-0.15, -0.1) is 0 Å². The van der Waals surface area contributed by atoms with Crippen molar-refractivity contribution in [1.29, 1.82) is 0 Å². The third kappa shape index (κ3) is 2.70. The number of aliphatic hydroxyl groups excluding tert-OH is 1. The Morgan fingerprint density at radius 1 is 1.11 bits per heavy atom. The Hall–Kier alpha value is -0.860. The van der Waals surface area contributed by atoms with Crippen LogP contribution in [0.4, 0.5) is 0 Å². The van der Waals surface area contributed by atoms with E-state index in [1.165, 1.54) is 50.5 Å². The largest absolute Gasteiger partial charge is 0.392 e. The lowest BCUT2D eigenvalue weighted by molar-refractivity contribution is 0.0221. The minimum Gasteiger partial charge on any atom is -0.392 e. The van der Waals surface area contributed by atoms with Crippen LogP contribution in [0.3, 0.4) is 0 Å². The fraction of sp³-hybridized carbons (Fsp3) is 0.647. The van der Waals surface area contributed by atoms with Crippen LogP contribution in [0.5, 0.6) is 0 Å². The van der Waals surface area contributed by atoms with Crippen molar-refractivity contribution in [2.45, 2.75) is 64.1 Å². The molecule has 0 aromatic heterocycles. The summed E-state index contributed by atoms with van der Waals surface area (Å²) in [5.74, 6) is 0. The van der Waals surface area contributed by atoms with Gasteiger partial charge >= 0.3 is 0 Å². The van der Waals surface area contributed by atoms with Gasteiger partial charge in [0.2, 0.25) is 0 Å². The van der Waals surface area contributed by atoms with E-state index in [-0.39, 0.29) is 6.61 Å². The van der Waals surface area contributed by atoms with Crippen molar-refractivity contribution in [2.24, 2.45) is 5.41 Å². The smallest absolute Gasteiger partial charge is 0.0681 e. The Bertz CT molecular complexity index is 423. The van der Waals surface area contributed by atoms with Gasteiger partial charge in [-0.25, -0.2) is 0 Å². The third-order valence-corrected chi connectivity index (χ3v) is 5.25. The SMILES string of the molecule is OCc1cccc(CNC2CCC23CCCCC3)c1. The Morgan fingerprint density at radius 2 is 1.89 bits per heavy atom. The van der Waals surface area contributed by atoms with Gasteiger partial charge in [0.05, 0.1) is 6.61 Å². The second-order valence-electron chi connectivity index (χ2n) is 6.37. The van der Waals surface area contributed by atoms with Gasteiger partial charge in [-0.3, -0.25) is 0 Å². The summed E-state index contributed by atoms with van der Waals surface area (Å²) in [7, 11) is 0. The molecule has 2 N–H and O–H groups in total. The summed E-state index contributed by atoms with van der Waals surface area (Å²) in [5.41, 5.74) is 2.94. The normalized spacial score (nSPS) is 25.2. The minimum absolute atomic E-state index is 0.140. The number of hydrogen-bond acceptors (Lipinski definition) is 2. The van der Waals surface area contributed by atoms with E-state index in [1.54, 1.807) is 0 Å². The zero-order chi connectivity index (χ0) is 13.1. The summed E-state index contributed by atoms with van der Waals surface area (Å²) < 4.78 is 0. The van der Waals surface area contributed by atoms with Crippen LogP contribution in [0, 0.1) is 5.41 Å². The molecule has 0 bridgehead atoms. The van der Waals surface area contributed by atoms with Crippen molar-refractivity contribution in [3.05, 3.63) is 35.4 Å². The molecule has 0 amide bonds. The molecule has 0 radical (unpaired) electrons. The predicted molar refractivity (Wildman–Crippen MR) is 77.7 cm³/mol. The van der Waals surface area contributed by atoms with Crippen LogP contribution >= 0.6 is 0 Å². The molecule has 2 fully saturated rings.